The van der Waals surface area contributed by atoms with Gasteiger partial charge in [-0.3, -0.25) is 14.9 Å². The first kappa shape index (κ1) is 13.3. The number of nitro benzene ring substituents is 1. The third-order valence-electron chi connectivity index (χ3n) is 2.26. The van der Waals surface area contributed by atoms with Crippen LogP contribution < -0.4 is 0 Å². The van der Waals surface area contributed by atoms with Gasteiger partial charge in [0.15, 0.2) is 0 Å². The monoisotopic (exact) mass is 239 g/mol. The van der Waals surface area contributed by atoms with Gasteiger partial charge in [0, 0.05) is 24.5 Å². The summed E-state index contributed by atoms with van der Waals surface area (Å²) in [6.07, 6.45) is 0.250. The third kappa shape index (κ3) is 3.94. The molecular weight excluding hydrogens is 225 g/mol. The van der Waals surface area contributed by atoms with E-state index in [0.717, 1.165) is 18.2 Å². The summed E-state index contributed by atoms with van der Waals surface area (Å²) in [7, 11) is 0. The Bertz CT molecular complexity index is 443. The second-order valence-electron chi connectivity index (χ2n) is 4.34. The zero-order chi connectivity index (χ0) is 13.0. The van der Waals surface area contributed by atoms with E-state index in [0.29, 0.717) is 6.42 Å². The maximum atomic E-state index is 13.0. The first-order valence-corrected chi connectivity index (χ1v) is 5.34. The van der Waals surface area contributed by atoms with Crippen LogP contribution in [0.4, 0.5) is 10.1 Å². The first-order chi connectivity index (χ1) is 7.90. The van der Waals surface area contributed by atoms with Gasteiger partial charge >= 0.3 is 0 Å². The topological polar surface area (TPSA) is 60.2 Å². The maximum absolute atomic E-state index is 13.0. The normalized spacial score (nSPS) is 10.6. The zero-order valence-electron chi connectivity index (χ0n) is 9.77. The summed E-state index contributed by atoms with van der Waals surface area (Å²) < 4.78 is 13.0. The standard InChI is InChI=1S/C12H14FNO3/c1-8(2)5-11(15)7-9-6-10(13)3-4-12(9)14(16)17/h3-4,6,8H,5,7H2,1-2H3. The van der Waals surface area contributed by atoms with Crippen molar-refractivity contribution < 1.29 is 14.1 Å². The summed E-state index contributed by atoms with van der Waals surface area (Å²) >= 11 is 0. The number of ketones is 1. The highest BCUT2D eigenvalue weighted by Gasteiger charge is 2.17. The average molecular weight is 239 g/mol. The molecule has 0 heterocycles. The number of carbonyl (C=O) groups excluding carboxylic acids is 1. The second kappa shape index (κ2) is 5.52. The fourth-order valence-corrected chi connectivity index (χ4v) is 1.61. The number of nitro groups is 1. The number of rotatable bonds is 5. The molecule has 0 bridgehead atoms. The molecule has 0 aliphatic heterocycles. The smallest absolute Gasteiger partial charge is 0.273 e. The predicted molar refractivity (Wildman–Crippen MR) is 61.2 cm³/mol. The molecular formula is C12H14FNO3. The molecule has 0 N–H and O–H groups in total. The van der Waals surface area contributed by atoms with Gasteiger partial charge in [-0.05, 0) is 18.1 Å². The van der Waals surface area contributed by atoms with E-state index < -0.39 is 10.7 Å². The molecule has 0 unspecified atom stereocenters. The van der Waals surface area contributed by atoms with Gasteiger partial charge in [0.2, 0.25) is 0 Å². The molecule has 1 aromatic rings. The Kier molecular flexibility index (Phi) is 4.31. The minimum Gasteiger partial charge on any atom is -0.299 e. The van der Waals surface area contributed by atoms with Crippen molar-refractivity contribution in [3.63, 3.8) is 0 Å². The lowest BCUT2D eigenvalue weighted by molar-refractivity contribution is -0.385. The molecule has 0 amide bonds. The highest BCUT2D eigenvalue weighted by atomic mass is 19.1. The molecule has 0 saturated heterocycles. The summed E-state index contributed by atoms with van der Waals surface area (Å²) in [5.74, 6) is -0.494. The SMILES string of the molecule is CC(C)CC(=O)Cc1cc(F)ccc1[N+](=O)[O-]. The summed E-state index contributed by atoms with van der Waals surface area (Å²) in [5, 5.41) is 10.7. The molecule has 0 aliphatic rings. The Morgan fingerprint density at radius 1 is 1.47 bits per heavy atom. The number of hydrogen-bond acceptors (Lipinski definition) is 3. The van der Waals surface area contributed by atoms with Gasteiger partial charge < -0.3 is 0 Å². The van der Waals surface area contributed by atoms with Crippen LogP contribution in [0.25, 0.3) is 0 Å². The molecule has 5 heteroatoms. The molecule has 0 radical (unpaired) electrons. The minimum atomic E-state index is -0.600. The summed E-state index contributed by atoms with van der Waals surface area (Å²) in [6, 6.07) is 3.16. The van der Waals surface area contributed by atoms with Crippen LogP contribution in [0.2, 0.25) is 0 Å². The highest BCUT2D eigenvalue weighted by molar-refractivity contribution is 5.82. The Labute approximate surface area is 98.6 Å². The Morgan fingerprint density at radius 3 is 2.65 bits per heavy atom. The molecule has 0 spiro atoms. The van der Waals surface area contributed by atoms with Gasteiger partial charge in [0.25, 0.3) is 5.69 Å². The molecule has 0 fully saturated rings. The second-order valence-corrected chi connectivity index (χ2v) is 4.34. The van der Waals surface area contributed by atoms with E-state index in [1.165, 1.54) is 0 Å². The number of halogens is 1. The molecule has 92 valence electrons. The van der Waals surface area contributed by atoms with Gasteiger partial charge in [-0.2, -0.15) is 0 Å². The van der Waals surface area contributed by atoms with Crippen LogP contribution >= 0.6 is 0 Å². The van der Waals surface area contributed by atoms with E-state index in [2.05, 4.69) is 0 Å². The lowest BCUT2D eigenvalue weighted by Crippen LogP contribution is -2.08. The van der Waals surface area contributed by atoms with Crippen molar-refractivity contribution >= 4 is 11.5 Å². The van der Waals surface area contributed by atoms with Gasteiger partial charge in [-0.15, -0.1) is 0 Å². The quantitative estimate of drug-likeness (QED) is 0.586. The van der Waals surface area contributed by atoms with Crippen LogP contribution in [0.5, 0.6) is 0 Å². The molecule has 0 saturated carbocycles. The summed E-state index contributed by atoms with van der Waals surface area (Å²) in [4.78, 5) is 21.7. The van der Waals surface area contributed by atoms with Crippen molar-refractivity contribution in [3.8, 4) is 0 Å². The third-order valence-corrected chi connectivity index (χ3v) is 2.26. The number of carbonyl (C=O) groups is 1. The van der Waals surface area contributed by atoms with E-state index in [9.17, 15) is 19.3 Å². The fraction of sp³-hybridized carbons (Fsp3) is 0.417. The van der Waals surface area contributed by atoms with Crippen molar-refractivity contribution in [1.82, 2.24) is 0 Å². The summed E-state index contributed by atoms with van der Waals surface area (Å²) in [6.45, 7) is 3.77. The Hall–Kier alpha value is -1.78. The van der Waals surface area contributed by atoms with Gasteiger partial charge in [-0.25, -0.2) is 4.39 Å². The van der Waals surface area contributed by atoms with Gasteiger partial charge in [-0.1, -0.05) is 13.8 Å². The Balaban J connectivity index is 2.92. The molecule has 0 aliphatic carbocycles. The van der Waals surface area contributed by atoms with Crippen molar-refractivity contribution in [2.75, 3.05) is 0 Å². The molecule has 0 aromatic heterocycles. The van der Waals surface area contributed by atoms with Crippen molar-refractivity contribution in [2.45, 2.75) is 26.7 Å². The molecule has 4 nitrogen and oxygen atoms in total. The molecule has 17 heavy (non-hydrogen) atoms. The number of benzene rings is 1. The maximum Gasteiger partial charge on any atom is 0.273 e. The highest BCUT2D eigenvalue weighted by Crippen LogP contribution is 2.21. The Morgan fingerprint density at radius 2 is 2.12 bits per heavy atom. The van der Waals surface area contributed by atoms with E-state index in [-0.39, 0.29) is 29.4 Å². The van der Waals surface area contributed by atoms with Crippen LogP contribution in [0.15, 0.2) is 18.2 Å². The minimum absolute atomic E-state index is 0.0910. The number of Topliss-reactive ketones (excluding diaryl/α,β-unsaturated/α-hetero) is 1. The van der Waals surface area contributed by atoms with Crippen molar-refractivity contribution in [1.29, 1.82) is 0 Å². The molecule has 1 rings (SSSR count). The van der Waals surface area contributed by atoms with E-state index >= 15 is 0 Å². The van der Waals surface area contributed by atoms with Gasteiger partial charge in [0.05, 0.1) is 4.92 Å². The lowest BCUT2D eigenvalue weighted by atomic mass is 10.00. The first-order valence-electron chi connectivity index (χ1n) is 5.34. The van der Waals surface area contributed by atoms with E-state index in [4.69, 9.17) is 0 Å². The fourth-order valence-electron chi connectivity index (χ4n) is 1.61. The van der Waals surface area contributed by atoms with E-state index in [1.807, 2.05) is 13.8 Å². The zero-order valence-corrected chi connectivity index (χ0v) is 9.77. The molecule has 0 atom stereocenters. The van der Waals surface area contributed by atoms with Crippen LogP contribution in [0.1, 0.15) is 25.8 Å². The largest absolute Gasteiger partial charge is 0.299 e. The van der Waals surface area contributed by atoms with Crippen molar-refractivity contribution in [3.05, 3.63) is 39.7 Å². The number of hydrogen-bond donors (Lipinski definition) is 0. The van der Waals surface area contributed by atoms with Gasteiger partial charge in [0.1, 0.15) is 11.6 Å². The van der Waals surface area contributed by atoms with Crippen LogP contribution in [0.3, 0.4) is 0 Å². The van der Waals surface area contributed by atoms with Crippen LogP contribution in [0, 0.1) is 21.8 Å². The number of nitrogens with zero attached hydrogens (tertiary/aromatic N) is 1. The predicted octanol–water partition coefficient (Wildman–Crippen LogP) is 2.89. The van der Waals surface area contributed by atoms with Crippen LogP contribution in [-0.2, 0) is 11.2 Å². The van der Waals surface area contributed by atoms with Crippen molar-refractivity contribution in [2.24, 2.45) is 5.92 Å². The molecule has 1 aromatic carbocycles. The van der Waals surface area contributed by atoms with E-state index in [1.54, 1.807) is 0 Å². The summed E-state index contributed by atoms with van der Waals surface area (Å²) in [5.41, 5.74) is -0.0656. The average Bonchev–Trinajstić information content (AvgIpc) is 2.15. The lowest BCUT2D eigenvalue weighted by Gasteiger charge is -2.05. The van der Waals surface area contributed by atoms with Crippen LogP contribution in [-0.4, -0.2) is 10.7 Å².